The summed E-state index contributed by atoms with van der Waals surface area (Å²) < 4.78 is 0. The van der Waals surface area contributed by atoms with Gasteiger partial charge in [0.2, 0.25) is 11.7 Å². The van der Waals surface area contributed by atoms with E-state index >= 15 is 0 Å². The number of fused-ring (bicyclic) bond motifs is 1. The van der Waals surface area contributed by atoms with Crippen LogP contribution in [0.3, 0.4) is 0 Å². The van der Waals surface area contributed by atoms with Crippen molar-refractivity contribution < 1.29 is 24.1 Å². The van der Waals surface area contributed by atoms with Crippen molar-refractivity contribution in [1.29, 1.82) is 0 Å². The zero-order chi connectivity index (χ0) is 21.3. The third-order valence-corrected chi connectivity index (χ3v) is 4.75. The highest BCUT2D eigenvalue weighted by molar-refractivity contribution is 6.50. The molecule has 0 fully saturated rings. The molecule has 0 spiro atoms. The third kappa shape index (κ3) is 3.70. The molecule has 1 amide bonds. The Labute approximate surface area is 169 Å². The van der Waals surface area contributed by atoms with Crippen LogP contribution in [-0.2, 0) is 9.59 Å². The molecule has 0 heterocycles. The van der Waals surface area contributed by atoms with Crippen LogP contribution in [0.15, 0.2) is 59.1 Å². The van der Waals surface area contributed by atoms with Crippen LogP contribution >= 0.6 is 11.6 Å². The maximum absolute atomic E-state index is 12.9. The average Bonchev–Trinajstić information content (AvgIpc) is 2.69. The topological polar surface area (TPSA) is 123 Å². The number of rotatable bonds is 5. The van der Waals surface area contributed by atoms with E-state index in [0.29, 0.717) is 0 Å². The smallest absolute Gasteiger partial charge is 0.271 e. The van der Waals surface area contributed by atoms with Crippen molar-refractivity contribution in [2.75, 3.05) is 5.32 Å². The molecule has 9 heteroatoms. The first-order valence-electron chi connectivity index (χ1n) is 8.36. The SMILES string of the molecule is CC(=O)[C@H](C(=O)Nc1cccc([N+](=O)[O-])c1)C1=C(Cl)C(=O)c2ccccc2C1=O. The second-order valence-corrected chi connectivity index (χ2v) is 6.65. The number of halogens is 1. The molecule has 2 aromatic carbocycles. The second kappa shape index (κ2) is 7.76. The zero-order valence-corrected chi connectivity index (χ0v) is 15.7. The maximum atomic E-state index is 12.9. The molecule has 0 unspecified atom stereocenters. The summed E-state index contributed by atoms with van der Waals surface area (Å²) >= 11 is 6.10. The van der Waals surface area contributed by atoms with Gasteiger partial charge in [0.05, 0.1) is 9.96 Å². The lowest BCUT2D eigenvalue weighted by molar-refractivity contribution is -0.384. The summed E-state index contributed by atoms with van der Waals surface area (Å²) in [6.45, 7) is 1.09. The predicted molar refractivity (Wildman–Crippen MR) is 104 cm³/mol. The van der Waals surface area contributed by atoms with Gasteiger partial charge >= 0.3 is 0 Å². The lowest BCUT2D eigenvalue weighted by atomic mass is 9.81. The Hall–Kier alpha value is -3.65. The number of benzene rings is 2. The molecule has 1 N–H and O–H groups in total. The van der Waals surface area contributed by atoms with E-state index in [1.807, 2.05) is 0 Å². The molecular formula is C20H13ClN2O6. The Balaban J connectivity index is 2.01. The number of amides is 1. The highest BCUT2D eigenvalue weighted by Gasteiger charge is 2.40. The number of allylic oxidation sites excluding steroid dienone is 1. The first-order valence-corrected chi connectivity index (χ1v) is 8.74. The lowest BCUT2D eigenvalue weighted by Crippen LogP contribution is -2.36. The Kier molecular flexibility index (Phi) is 5.38. The number of anilines is 1. The van der Waals surface area contributed by atoms with Gasteiger partial charge in [-0.15, -0.1) is 0 Å². The fourth-order valence-corrected chi connectivity index (χ4v) is 3.35. The van der Waals surface area contributed by atoms with Crippen LogP contribution in [0.25, 0.3) is 0 Å². The molecule has 0 bridgehead atoms. The van der Waals surface area contributed by atoms with Gasteiger partial charge in [-0.1, -0.05) is 41.9 Å². The summed E-state index contributed by atoms with van der Waals surface area (Å²) in [4.78, 5) is 60.7. The van der Waals surface area contributed by atoms with Gasteiger partial charge in [-0.05, 0) is 13.0 Å². The molecule has 3 rings (SSSR count). The number of nitro benzene ring substituents is 1. The minimum absolute atomic E-state index is 0.0475. The summed E-state index contributed by atoms with van der Waals surface area (Å²) in [5, 5.41) is 12.8. The van der Waals surface area contributed by atoms with Crippen LogP contribution in [-0.4, -0.2) is 28.2 Å². The summed E-state index contributed by atoms with van der Waals surface area (Å²) in [6.07, 6.45) is 0. The summed E-state index contributed by atoms with van der Waals surface area (Å²) in [5.41, 5.74) is -0.482. The molecule has 1 aliphatic carbocycles. The van der Waals surface area contributed by atoms with Gasteiger partial charge < -0.3 is 5.32 Å². The quantitative estimate of drug-likeness (QED) is 0.456. The van der Waals surface area contributed by atoms with Crippen molar-refractivity contribution in [2.24, 2.45) is 5.92 Å². The molecule has 0 radical (unpaired) electrons. The Morgan fingerprint density at radius 2 is 1.66 bits per heavy atom. The van der Waals surface area contributed by atoms with Gasteiger partial charge in [0, 0.05) is 34.5 Å². The standard InChI is InChI=1S/C20H13ClN2O6/c1-10(24)15(20(27)22-11-5-4-6-12(9-11)23(28)29)16-17(21)19(26)14-8-3-2-7-13(14)18(16)25/h2-9,15H,1H3,(H,22,27)/t15-/m0/s1. The van der Waals surface area contributed by atoms with Crippen LogP contribution in [0.2, 0.25) is 0 Å². The molecule has 146 valence electrons. The molecular weight excluding hydrogens is 400 g/mol. The number of ketones is 3. The second-order valence-electron chi connectivity index (χ2n) is 6.27. The largest absolute Gasteiger partial charge is 0.325 e. The van der Waals surface area contributed by atoms with Crippen molar-refractivity contribution in [3.63, 3.8) is 0 Å². The maximum Gasteiger partial charge on any atom is 0.271 e. The number of Topliss-reactive ketones (excluding diaryl/α,β-unsaturated/α-hetero) is 3. The van der Waals surface area contributed by atoms with E-state index < -0.39 is 44.7 Å². The van der Waals surface area contributed by atoms with Crippen LogP contribution in [0.4, 0.5) is 11.4 Å². The van der Waals surface area contributed by atoms with Gasteiger partial charge in [-0.25, -0.2) is 0 Å². The molecule has 29 heavy (non-hydrogen) atoms. The Morgan fingerprint density at radius 1 is 1.03 bits per heavy atom. The number of non-ortho nitro benzene ring substituents is 1. The predicted octanol–water partition coefficient (Wildman–Crippen LogP) is 3.31. The minimum Gasteiger partial charge on any atom is -0.325 e. The van der Waals surface area contributed by atoms with Crippen molar-refractivity contribution in [3.05, 3.63) is 80.4 Å². The number of nitrogens with one attached hydrogen (secondary N) is 1. The fraction of sp³-hybridized carbons (Fsp3) is 0.100. The van der Waals surface area contributed by atoms with Crippen molar-refractivity contribution in [1.82, 2.24) is 0 Å². The first-order chi connectivity index (χ1) is 13.7. The Morgan fingerprint density at radius 3 is 2.24 bits per heavy atom. The van der Waals surface area contributed by atoms with E-state index in [1.165, 1.54) is 30.3 Å². The van der Waals surface area contributed by atoms with Crippen molar-refractivity contribution >= 4 is 46.2 Å². The van der Waals surface area contributed by atoms with Gasteiger partial charge in [0.1, 0.15) is 11.7 Å². The van der Waals surface area contributed by atoms with Crippen molar-refractivity contribution in [3.8, 4) is 0 Å². The normalized spacial score (nSPS) is 14.3. The highest BCUT2D eigenvalue weighted by atomic mass is 35.5. The van der Waals surface area contributed by atoms with Crippen LogP contribution in [0.5, 0.6) is 0 Å². The summed E-state index contributed by atoms with van der Waals surface area (Å²) in [7, 11) is 0. The summed E-state index contributed by atoms with van der Waals surface area (Å²) in [6, 6.07) is 11.0. The molecule has 1 aliphatic rings. The van der Waals surface area contributed by atoms with E-state index in [1.54, 1.807) is 12.1 Å². The number of nitrogens with zero attached hydrogens (tertiary/aromatic N) is 1. The van der Waals surface area contributed by atoms with E-state index in [9.17, 15) is 29.3 Å². The van der Waals surface area contributed by atoms with Gasteiger partial charge in [-0.3, -0.25) is 29.3 Å². The molecule has 0 saturated carbocycles. The van der Waals surface area contributed by atoms with E-state index in [0.717, 1.165) is 13.0 Å². The van der Waals surface area contributed by atoms with E-state index in [-0.39, 0.29) is 22.5 Å². The van der Waals surface area contributed by atoms with Gasteiger partial charge in [0.25, 0.3) is 5.69 Å². The fourth-order valence-electron chi connectivity index (χ4n) is 3.05. The molecule has 0 aliphatic heterocycles. The molecule has 0 saturated heterocycles. The number of carbonyl (C=O) groups excluding carboxylic acids is 4. The number of hydrogen-bond donors (Lipinski definition) is 1. The lowest BCUT2D eigenvalue weighted by Gasteiger charge is -2.22. The number of nitro groups is 1. The first kappa shape index (κ1) is 20.1. The highest BCUT2D eigenvalue weighted by Crippen LogP contribution is 2.33. The van der Waals surface area contributed by atoms with Crippen molar-refractivity contribution in [2.45, 2.75) is 6.92 Å². The summed E-state index contributed by atoms with van der Waals surface area (Å²) in [5.74, 6) is -4.63. The Bertz CT molecular complexity index is 1120. The van der Waals surface area contributed by atoms with E-state index in [2.05, 4.69) is 5.32 Å². The van der Waals surface area contributed by atoms with Crippen LogP contribution < -0.4 is 5.32 Å². The third-order valence-electron chi connectivity index (χ3n) is 4.38. The molecule has 8 nitrogen and oxygen atoms in total. The molecule has 0 aromatic heterocycles. The average molecular weight is 413 g/mol. The van der Waals surface area contributed by atoms with Crippen LogP contribution in [0, 0.1) is 16.0 Å². The number of carbonyl (C=O) groups is 4. The van der Waals surface area contributed by atoms with Gasteiger partial charge in [-0.2, -0.15) is 0 Å². The van der Waals surface area contributed by atoms with Crippen LogP contribution in [0.1, 0.15) is 27.6 Å². The minimum atomic E-state index is -1.65. The van der Waals surface area contributed by atoms with E-state index in [4.69, 9.17) is 11.6 Å². The molecule has 2 aromatic rings. The molecule has 1 atom stereocenters. The monoisotopic (exact) mass is 412 g/mol. The van der Waals surface area contributed by atoms with Gasteiger partial charge in [0.15, 0.2) is 5.78 Å². The number of hydrogen-bond acceptors (Lipinski definition) is 6. The zero-order valence-electron chi connectivity index (χ0n) is 15.0.